The Morgan fingerprint density at radius 1 is 1.17 bits per heavy atom. The Kier molecular flexibility index (Phi) is 4.72. The van der Waals surface area contributed by atoms with Gasteiger partial charge in [-0.15, -0.1) is 13.2 Å². The van der Waals surface area contributed by atoms with E-state index < -0.39 is 6.36 Å². The molecule has 0 amide bonds. The minimum Gasteiger partial charge on any atom is -0.411 e. The van der Waals surface area contributed by atoms with Crippen molar-refractivity contribution in [2.45, 2.75) is 57.1 Å². The largest absolute Gasteiger partial charge is 0.573 e. The summed E-state index contributed by atoms with van der Waals surface area (Å²) in [5.74, 6) is 1.15. The van der Waals surface area contributed by atoms with E-state index in [2.05, 4.69) is 15.0 Å². The van der Waals surface area contributed by atoms with Gasteiger partial charge in [-0.2, -0.15) is 0 Å². The van der Waals surface area contributed by atoms with Gasteiger partial charge in [0.2, 0.25) is 0 Å². The molecular weight excluding hydrogens is 401 g/mol. The summed E-state index contributed by atoms with van der Waals surface area (Å²) in [6.45, 7) is 0.213. The van der Waals surface area contributed by atoms with Gasteiger partial charge in [-0.3, -0.25) is 0 Å². The highest BCUT2D eigenvalue weighted by Gasteiger charge is 2.45. The van der Waals surface area contributed by atoms with Crippen LogP contribution in [0.3, 0.4) is 0 Å². The third-order valence-electron chi connectivity index (χ3n) is 6.28. The molecule has 3 fully saturated rings. The van der Waals surface area contributed by atoms with E-state index in [1.165, 1.54) is 12.1 Å². The van der Waals surface area contributed by atoms with Gasteiger partial charge in [0.25, 0.3) is 0 Å². The van der Waals surface area contributed by atoms with Crippen LogP contribution in [0.25, 0.3) is 11.3 Å². The molecule has 2 aromatic rings. The van der Waals surface area contributed by atoms with Gasteiger partial charge in [-0.05, 0) is 50.2 Å². The van der Waals surface area contributed by atoms with E-state index in [0.717, 1.165) is 37.8 Å². The van der Waals surface area contributed by atoms with Crippen molar-refractivity contribution >= 4 is 5.71 Å². The number of halogens is 3. The molecule has 2 bridgehead atoms. The van der Waals surface area contributed by atoms with Gasteiger partial charge in [0.1, 0.15) is 17.2 Å². The van der Waals surface area contributed by atoms with Crippen LogP contribution in [0.1, 0.15) is 49.3 Å². The maximum absolute atomic E-state index is 12.9. The second-order valence-electron chi connectivity index (χ2n) is 8.27. The third-order valence-corrected chi connectivity index (χ3v) is 6.28. The van der Waals surface area contributed by atoms with Crippen molar-refractivity contribution in [1.29, 1.82) is 0 Å². The molecule has 3 aliphatic carbocycles. The molecule has 1 N–H and O–H groups in total. The van der Waals surface area contributed by atoms with Crippen LogP contribution in [-0.4, -0.2) is 28.5 Å². The summed E-state index contributed by atoms with van der Waals surface area (Å²) in [5, 5.41) is 16.5. The summed E-state index contributed by atoms with van der Waals surface area (Å²) < 4.78 is 54.5. The van der Waals surface area contributed by atoms with E-state index in [4.69, 9.17) is 14.5 Å². The Bertz CT molecular complexity index is 967. The number of alkyl halides is 3. The number of oxime groups is 1. The summed E-state index contributed by atoms with van der Waals surface area (Å²) in [6, 6.07) is 5.93. The van der Waals surface area contributed by atoms with Crippen LogP contribution in [0.15, 0.2) is 33.9 Å². The van der Waals surface area contributed by atoms with Gasteiger partial charge in [-0.1, -0.05) is 22.4 Å². The second kappa shape index (κ2) is 7.30. The smallest absolute Gasteiger partial charge is 0.411 e. The molecule has 1 aromatic heterocycles. The van der Waals surface area contributed by atoms with Crippen LogP contribution < -0.4 is 4.74 Å². The molecule has 1 aromatic carbocycles. The first-order valence-corrected chi connectivity index (χ1v) is 10.1. The highest BCUT2D eigenvalue weighted by Crippen LogP contribution is 2.47. The molecule has 0 unspecified atom stereocenters. The lowest BCUT2D eigenvalue weighted by molar-refractivity contribution is -0.274. The second-order valence-corrected chi connectivity index (χ2v) is 8.27. The molecule has 5 rings (SSSR count). The predicted octanol–water partition coefficient (Wildman–Crippen LogP) is 5.26. The van der Waals surface area contributed by atoms with Gasteiger partial charge in [0.05, 0.1) is 18.4 Å². The first-order valence-electron chi connectivity index (χ1n) is 10.1. The van der Waals surface area contributed by atoms with Crippen LogP contribution >= 0.6 is 0 Å². The maximum Gasteiger partial charge on any atom is 0.573 e. The molecule has 0 saturated heterocycles. The van der Waals surface area contributed by atoms with E-state index in [-0.39, 0.29) is 35.9 Å². The average molecular weight is 422 g/mol. The average Bonchev–Trinajstić information content (AvgIpc) is 3.17. The number of hydrogen-bond acceptors (Lipinski definition) is 6. The summed E-state index contributed by atoms with van der Waals surface area (Å²) in [6.07, 6.45) is -0.392. The lowest BCUT2D eigenvalue weighted by atomic mass is 9.95. The zero-order valence-electron chi connectivity index (χ0n) is 16.1. The fourth-order valence-corrected chi connectivity index (χ4v) is 4.74. The van der Waals surface area contributed by atoms with E-state index in [9.17, 15) is 13.2 Å². The third kappa shape index (κ3) is 3.66. The van der Waals surface area contributed by atoms with Crippen LogP contribution in [0, 0.1) is 11.8 Å². The highest BCUT2D eigenvalue weighted by atomic mass is 19.4. The Morgan fingerprint density at radius 2 is 1.97 bits per heavy atom. The van der Waals surface area contributed by atoms with Crippen molar-refractivity contribution in [2.75, 3.05) is 0 Å². The zero-order valence-corrected chi connectivity index (χ0v) is 16.1. The number of benzene rings is 1. The van der Waals surface area contributed by atoms with E-state index in [1.807, 2.05) is 0 Å². The van der Waals surface area contributed by atoms with Crippen molar-refractivity contribution in [3.05, 3.63) is 35.6 Å². The monoisotopic (exact) mass is 422 g/mol. The lowest BCUT2D eigenvalue weighted by Gasteiger charge is -2.22. The number of hydrogen-bond donors (Lipinski definition) is 1. The zero-order chi connectivity index (χ0) is 20.9. The number of ether oxygens (including phenoxy) is 2. The van der Waals surface area contributed by atoms with Crippen molar-refractivity contribution < 1.29 is 32.4 Å². The summed E-state index contributed by atoms with van der Waals surface area (Å²) in [4.78, 5) is 0. The number of fused-ring (bicyclic) bond motifs is 2. The minimum atomic E-state index is -4.80. The fraction of sp³-hybridized carbons (Fsp3) is 0.524. The molecule has 160 valence electrons. The maximum atomic E-state index is 12.9. The predicted molar refractivity (Wildman–Crippen MR) is 99.2 cm³/mol. The first-order chi connectivity index (χ1) is 14.4. The fourth-order valence-electron chi connectivity index (χ4n) is 4.74. The van der Waals surface area contributed by atoms with Crippen molar-refractivity contribution in [3.63, 3.8) is 0 Å². The van der Waals surface area contributed by atoms with E-state index >= 15 is 0 Å². The molecule has 0 spiro atoms. The molecule has 3 aliphatic rings. The Balaban J connectivity index is 1.41. The topological polar surface area (TPSA) is 77.1 Å². The van der Waals surface area contributed by atoms with Crippen LogP contribution in [0.4, 0.5) is 13.2 Å². The molecule has 6 nitrogen and oxygen atoms in total. The number of nitrogens with zero attached hydrogens (tertiary/aromatic N) is 2. The van der Waals surface area contributed by atoms with Gasteiger partial charge in [-0.25, -0.2) is 0 Å². The number of aromatic nitrogens is 1. The van der Waals surface area contributed by atoms with Crippen molar-refractivity contribution in [1.82, 2.24) is 5.16 Å². The highest BCUT2D eigenvalue weighted by molar-refractivity contribution is 5.89. The lowest BCUT2D eigenvalue weighted by Crippen LogP contribution is -2.25. The quantitative estimate of drug-likeness (QED) is 0.507. The number of rotatable bonds is 6. The van der Waals surface area contributed by atoms with E-state index in [0.29, 0.717) is 22.9 Å². The summed E-state index contributed by atoms with van der Waals surface area (Å²) >= 11 is 0. The first kappa shape index (κ1) is 19.4. The molecule has 1 heterocycles. The molecule has 30 heavy (non-hydrogen) atoms. The normalized spacial score (nSPS) is 27.2. The minimum absolute atomic E-state index is 0.0250. The molecule has 0 aliphatic heterocycles. The van der Waals surface area contributed by atoms with Gasteiger partial charge < -0.3 is 19.2 Å². The van der Waals surface area contributed by atoms with Crippen LogP contribution in [0.5, 0.6) is 5.75 Å². The van der Waals surface area contributed by atoms with Crippen molar-refractivity contribution in [3.8, 4) is 17.0 Å². The molecule has 9 heteroatoms. The summed E-state index contributed by atoms with van der Waals surface area (Å²) in [5.41, 5.74) is 2.08. The Morgan fingerprint density at radius 3 is 2.63 bits per heavy atom. The van der Waals surface area contributed by atoms with Crippen LogP contribution in [-0.2, 0) is 11.3 Å². The molecule has 3 atom stereocenters. The summed E-state index contributed by atoms with van der Waals surface area (Å²) in [7, 11) is 0. The van der Waals surface area contributed by atoms with Gasteiger partial charge in [0.15, 0.2) is 0 Å². The van der Waals surface area contributed by atoms with Gasteiger partial charge >= 0.3 is 6.36 Å². The number of para-hydroxylation sites is 1. The van der Waals surface area contributed by atoms with Crippen molar-refractivity contribution in [2.24, 2.45) is 17.0 Å². The standard InChI is InChI=1S/C21H21F3N2O4/c22-21(23,24)29-17-4-2-1-3-14(17)19-15(20(30-26-19)11-5-6-11)10-28-18-9-12-7-13(18)8-16(12)25-27/h1-4,11-13,18,27H,5-10H2/b25-16+/t12-,13-,18-/m0/s1. The molecular formula is C21H21F3N2O4. The molecule has 0 radical (unpaired) electrons. The van der Waals surface area contributed by atoms with Crippen LogP contribution in [0.2, 0.25) is 0 Å². The molecule has 3 saturated carbocycles. The Labute approximate surface area is 170 Å². The van der Waals surface area contributed by atoms with Gasteiger partial charge in [0, 0.05) is 23.0 Å². The Hall–Kier alpha value is -2.55. The SMILES string of the molecule is O/N=C1\C[C@@H]2C[C@H]1C[C@@H]2OCc1c(-c2ccccc2OC(F)(F)F)noc1C1CC1. The van der Waals surface area contributed by atoms with E-state index in [1.54, 1.807) is 12.1 Å².